The van der Waals surface area contributed by atoms with E-state index in [1.165, 1.54) is 17.7 Å². The number of hydrogen-bond donors (Lipinski definition) is 1. The Morgan fingerprint density at radius 1 is 1.20 bits per heavy atom. The Kier molecular flexibility index (Phi) is 9.77. The Labute approximate surface area is 237 Å². The number of fused-ring (bicyclic) bond motifs is 1. The van der Waals surface area contributed by atoms with Gasteiger partial charge < -0.3 is 19.3 Å². The summed E-state index contributed by atoms with van der Waals surface area (Å²) in [5.74, 6) is -0.599. The van der Waals surface area contributed by atoms with E-state index in [0.717, 1.165) is 29.4 Å². The molecule has 1 atom stereocenters. The highest BCUT2D eigenvalue weighted by molar-refractivity contribution is 5.95. The number of benzene rings is 1. The summed E-state index contributed by atoms with van der Waals surface area (Å²) < 4.78 is 44.0. The number of unbranched alkanes of at least 4 members (excludes halogenated alkanes) is 1. The number of esters is 1. The molecule has 3 heterocycles. The number of carbonyl (C=O) groups is 2. The summed E-state index contributed by atoms with van der Waals surface area (Å²) in [6.45, 7) is 5.26. The molecular formula is C29H36F2N4O6. The molecule has 1 N–H and O–H groups in total. The third-order valence-corrected chi connectivity index (χ3v) is 7.35. The lowest BCUT2D eigenvalue weighted by Gasteiger charge is -2.41. The van der Waals surface area contributed by atoms with Crippen LogP contribution >= 0.6 is 0 Å². The maximum Gasteiger partial charge on any atom is 0.418 e. The number of aryl methyl sites for hydroxylation is 1. The van der Waals surface area contributed by atoms with Crippen molar-refractivity contribution in [2.45, 2.75) is 45.7 Å². The van der Waals surface area contributed by atoms with Crippen LogP contribution in [0.5, 0.6) is 11.6 Å². The highest BCUT2D eigenvalue weighted by Crippen LogP contribution is 2.36. The third-order valence-electron chi connectivity index (χ3n) is 7.35. The van der Waals surface area contributed by atoms with Gasteiger partial charge in [0, 0.05) is 43.3 Å². The second-order valence-corrected chi connectivity index (χ2v) is 10.0. The van der Waals surface area contributed by atoms with Crippen molar-refractivity contribution in [3.8, 4) is 11.6 Å². The van der Waals surface area contributed by atoms with Crippen LogP contribution in [0.4, 0.5) is 13.6 Å². The van der Waals surface area contributed by atoms with Gasteiger partial charge in [-0.3, -0.25) is 14.4 Å². The number of alkyl halides is 2. The smallest absolute Gasteiger partial charge is 0.418 e. The van der Waals surface area contributed by atoms with Crippen molar-refractivity contribution in [2.75, 3.05) is 47.0 Å². The van der Waals surface area contributed by atoms with Crippen molar-refractivity contribution in [1.29, 1.82) is 0 Å². The van der Waals surface area contributed by atoms with Crippen LogP contribution in [0.2, 0.25) is 0 Å². The predicted octanol–water partition coefficient (Wildman–Crippen LogP) is 4.75. The zero-order valence-electron chi connectivity index (χ0n) is 23.7. The largest absolute Gasteiger partial charge is 0.496 e. The Morgan fingerprint density at radius 2 is 1.98 bits per heavy atom. The van der Waals surface area contributed by atoms with Crippen LogP contribution in [0.25, 0.3) is 10.9 Å². The third kappa shape index (κ3) is 6.59. The van der Waals surface area contributed by atoms with E-state index in [1.54, 1.807) is 24.3 Å². The van der Waals surface area contributed by atoms with Crippen LogP contribution in [0, 0.1) is 6.92 Å². The van der Waals surface area contributed by atoms with Gasteiger partial charge in [-0.05, 0) is 43.2 Å². The Hall–Kier alpha value is -3.77. The van der Waals surface area contributed by atoms with E-state index < -0.39 is 37.0 Å². The second-order valence-electron chi connectivity index (χ2n) is 10.0. The van der Waals surface area contributed by atoms with E-state index in [1.807, 2.05) is 26.0 Å². The molecule has 1 aromatic carbocycles. The molecule has 2 aromatic heterocycles. The van der Waals surface area contributed by atoms with Crippen molar-refractivity contribution < 1.29 is 37.7 Å². The number of aromatic nitrogens is 2. The van der Waals surface area contributed by atoms with Gasteiger partial charge in [0.2, 0.25) is 5.88 Å². The molecule has 1 aliphatic rings. The molecule has 3 aromatic rings. The quantitative estimate of drug-likeness (QED) is 0.271. The zero-order chi connectivity index (χ0) is 29.7. The van der Waals surface area contributed by atoms with Crippen molar-refractivity contribution in [1.82, 2.24) is 19.4 Å². The lowest BCUT2D eigenvalue weighted by atomic mass is 10.0. The standard InChI is InChI=1S/C29H36F2N4O6/c1-5-6-13-41-29(38)35-10-9-19-21(24(39-3)14-18(2)26(19)35)15-34-12-11-33(17-25(30)31)16-23(34)22-8-7-20(27(36)32-22)28(37)40-4/h7-10,14,23,25H,5-6,11-13,15-17H2,1-4H3,(H,32,36)/t23-/m0/s1. The Morgan fingerprint density at radius 3 is 2.63 bits per heavy atom. The molecule has 0 bridgehead atoms. The minimum Gasteiger partial charge on any atom is -0.496 e. The van der Waals surface area contributed by atoms with Crippen LogP contribution in [0.3, 0.4) is 0 Å². The number of piperazine rings is 1. The van der Waals surface area contributed by atoms with Crippen LogP contribution in [-0.4, -0.2) is 90.0 Å². The van der Waals surface area contributed by atoms with Gasteiger partial charge in [-0.15, -0.1) is 0 Å². The lowest BCUT2D eigenvalue weighted by molar-refractivity contribution is 0.0231. The molecule has 0 aliphatic carbocycles. The molecule has 222 valence electrons. The average molecular weight is 575 g/mol. The van der Waals surface area contributed by atoms with E-state index in [2.05, 4.69) is 9.88 Å². The Bertz CT molecular complexity index is 1400. The fourth-order valence-corrected chi connectivity index (χ4v) is 5.26. The van der Waals surface area contributed by atoms with E-state index in [4.69, 9.17) is 14.2 Å². The van der Waals surface area contributed by atoms with Crippen molar-refractivity contribution >= 4 is 23.0 Å². The van der Waals surface area contributed by atoms with E-state index in [-0.39, 0.29) is 12.1 Å². The number of aromatic hydroxyl groups is 1. The van der Waals surface area contributed by atoms with Crippen LogP contribution < -0.4 is 4.74 Å². The fraction of sp³-hybridized carbons (Fsp3) is 0.483. The summed E-state index contributed by atoms with van der Waals surface area (Å²) in [6, 6.07) is 6.24. The zero-order valence-corrected chi connectivity index (χ0v) is 23.7. The summed E-state index contributed by atoms with van der Waals surface area (Å²) in [7, 11) is 2.78. The molecule has 0 spiro atoms. The van der Waals surface area contributed by atoms with E-state index >= 15 is 0 Å². The number of pyridine rings is 1. The first kappa shape index (κ1) is 30.2. The van der Waals surface area contributed by atoms with Gasteiger partial charge in [0.1, 0.15) is 11.3 Å². The summed E-state index contributed by atoms with van der Waals surface area (Å²) >= 11 is 0. The molecule has 1 aliphatic heterocycles. The number of carbonyl (C=O) groups excluding carboxylic acids is 2. The molecule has 41 heavy (non-hydrogen) atoms. The first-order valence-electron chi connectivity index (χ1n) is 13.6. The molecular weight excluding hydrogens is 538 g/mol. The van der Waals surface area contributed by atoms with E-state index in [0.29, 0.717) is 43.2 Å². The van der Waals surface area contributed by atoms with Gasteiger partial charge in [-0.1, -0.05) is 13.3 Å². The van der Waals surface area contributed by atoms with Gasteiger partial charge in [0.25, 0.3) is 6.43 Å². The second kappa shape index (κ2) is 13.3. The summed E-state index contributed by atoms with van der Waals surface area (Å²) in [4.78, 5) is 32.8. The molecule has 0 radical (unpaired) electrons. The number of halogens is 2. The number of nitrogens with zero attached hydrogens (tertiary/aromatic N) is 4. The van der Waals surface area contributed by atoms with E-state index in [9.17, 15) is 23.5 Å². The molecule has 1 saturated heterocycles. The van der Waals surface area contributed by atoms with Crippen LogP contribution in [0.1, 0.15) is 53.0 Å². The minimum absolute atomic E-state index is 0.0860. The van der Waals surface area contributed by atoms with Crippen LogP contribution in [0.15, 0.2) is 30.5 Å². The summed E-state index contributed by atoms with van der Waals surface area (Å²) in [5.41, 5.74) is 2.69. The van der Waals surface area contributed by atoms with Crippen molar-refractivity contribution in [2.24, 2.45) is 0 Å². The normalized spacial score (nSPS) is 16.3. The van der Waals surface area contributed by atoms with Gasteiger partial charge >= 0.3 is 12.1 Å². The van der Waals surface area contributed by atoms with Crippen molar-refractivity contribution in [3.05, 3.63) is 52.8 Å². The van der Waals surface area contributed by atoms with Gasteiger partial charge in [0.15, 0.2) is 0 Å². The topological polar surface area (TPSA) is 106 Å². The lowest BCUT2D eigenvalue weighted by Crippen LogP contribution is -2.49. The number of methoxy groups -OCH3 is 2. The molecule has 0 unspecified atom stereocenters. The monoisotopic (exact) mass is 574 g/mol. The SMILES string of the molecule is CCCCOC(=O)n1ccc2c(CN3CCN(CC(F)F)C[C@H]3c3ccc(C(=O)OC)c(O)n3)c(OC)cc(C)c21. The first-order chi connectivity index (χ1) is 19.7. The predicted molar refractivity (Wildman–Crippen MR) is 148 cm³/mol. The molecule has 10 nitrogen and oxygen atoms in total. The molecule has 0 saturated carbocycles. The number of rotatable bonds is 10. The molecule has 0 amide bonds. The molecule has 4 rings (SSSR count). The molecule has 1 fully saturated rings. The minimum atomic E-state index is -2.50. The maximum absolute atomic E-state index is 13.3. The van der Waals surface area contributed by atoms with Gasteiger partial charge in [-0.2, -0.15) is 0 Å². The summed E-state index contributed by atoms with van der Waals surface area (Å²) in [6.07, 6.45) is 0.393. The highest BCUT2D eigenvalue weighted by Gasteiger charge is 2.33. The van der Waals surface area contributed by atoms with Gasteiger partial charge in [-0.25, -0.2) is 23.4 Å². The highest BCUT2D eigenvalue weighted by atomic mass is 19.3. The van der Waals surface area contributed by atoms with Crippen LogP contribution in [-0.2, 0) is 16.0 Å². The van der Waals surface area contributed by atoms with Gasteiger partial charge in [0.05, 0.1) is 44.6 Å². The first-order valence-corrected chi connectivity index (χ1v) is 13.6. The molecule has 12 heteroatoms. The number of hydrogen-bond acceptors (Lipinski definition) is 9. The number of ether oxygens (including phenoxy) is 3. The fourth-order valence-electron chi connectivity index (χ4n) is 5.26. The summed E-state index contributed by atoms with van der Waals surface area (Å²) in [5, 5.41) is 11.3. The maximum atomic E-state index is 13.3. The Balaban J connectivity index is 1.72. The van der Waals surface area contributed by atoms with Crippen molar-refractivity contribution in [3.63, 3.8) is 0 Å². The average Bonchev–Trinajstić information content (AvgIpc) is 3.40.